The number of aldehydes is 1. The first-order valence-electron chi connectivity index (χ1n) is 3.47. The highest BCUT2D eigenvalue weighted by Crippen LogP contribution is 2.08. The first-order chi connectivity index (χ1) is 4.63. The van der Waals surface area contributed by atoms with E-state index in [1.807, 2.05) is 13.8 Å². The average molecular weight is 144 g/mol. The maximum Gasteiger partial charge on any atom is 0.154 e. The van der Waals surface area contributed by atoms with E-state index in [1.54, 1.807) is 14.1 Å². The molecule has 0 saturated heterocycles. The maximum absolute atomic E-state index is 10.6. The van der Waals surface area contributed by atoms with Crippen molar-refractivity contribution < 1.29 is 4.79 Å². The summed E-state index contributed by atoms with van der Waals surface area (Å²) in [5.74, 6) is 0.250. The normalized spacial score (nSPS) is 12.1. The van der Waals surface area contributed by atoms with Crippen LogP contribution >= 0.6 is 0 Å². The Balaban J connectivity index is 4.30. The fourth-order valence-corrected chi connectivity index (χ4v) is 0.956. The topological polar surface area (TPSA) is 41.1 Å². The zero-order valence-electron chi connectivity index (χ0n) is 7.06. The Labute approximate surface area is 62.2 Å². The monoisotopic (exact) mass is 144 g/mol. The predicted molar refractivity (Wildman–Crippen MR) is 41.8 cm³/mol. The molecule has 60 valence electrons. The van der Waals surface area contributed by atoms with Gasteiger partial charge in [0.25, 0.3) is 0 Å². The lowest BCUT2D eigenvalue weighted by molar-refractivity contribution is -0.115. The lowest BCUT2D eigenvalue weighted by Gasteiger charge is -2.30. The number of rotatable bonds is 4. The summed E-state index contributed by atoms with van der Waals surface area (Å²) in [5.41, 5.74) is -0.556. The van der Waals surface area contributed by atoms with E-state index >= 15 is 0 Å². The Hall–Kier alpha value is -0.410. The van der Waals surface area contributed by atoms with E-state index in [2.05, 4.69) is 10.6 Å². The Kier molecular flexibility index (Phi) is 3.53. The van der Waals surface area contributed by atoms with E-state index in [0.717, 1.165) is 6.29 Å². The van der Waals surface area contributed by atoms with Crippen molar-refractivity contribution in [2.75, 3.05) is 14.1 Å². The van der Waals surface area contributed by atoms with Crippen molar-refractivity contribution >= 4 is 6.29 Å². The van der Waals surface area contributed by atoms with Crippen LogP contribution in [-0.4, -0.2) is 26.0 Å². The Bertz CT molecular complexity index is 108. The minimum absolute atomic E-state index is 0.250. The van der Waals surface area contributed by atoms with Gasteiger partial charge in [0.2, 0.25) is 0 Å². The van der Waals surface area contributed by atoms with Crippen molar-refractivity contribution in [3.63, 3.8) is 0 Å². The largest absolute Gasteiger partial charge is 0.300 e. The molecule has 0 fully saturated rings. The third-order valence-electron chi connectivity index (χ3n) is 1.92. The van der Waals surface area contributed by atoms with Crippen LogP contribution in [0.2, 0.25) is 0 Å². The van der Waals surface area contributed by atoms with Gasteiger partial charge < -0.3 is 0 Å². The first kappa shape index (κ1) is 9.59. The van der Waals surface area contributed by atoms with Crippen LogP contribution in [0, 0.1) is 5.92 Å². The van der Waals surface area contributed by atoms with Crippen LogP contribution < -0.4 is 10.6 Å². The van der Waals surface area contributed by atoms with E-state index in [9.17, 15) is 4.79 Å². The van der Waals surface area contributed by atoms with Crippen LogP contribution in [0.15, 0.2) is 0 Å². The number of hydrogen-bond donors (Lipinski definition) is 2. The Morgan fingerprint density at radius 2 is 1.70 bits per heavy atom. The fourth-order valence-electron chi connectivity index (χ4n) is 0.956. The second-order valence-corrected chi connectivity index (χ2v) is 2.64. The summed E-state index contributed by atoms with van der Waals surface area (Å²) in [6, 6.07) is 0. The molecule has 0 bridgehead atoms. The van der Waals surface area contributed by atoms with Gasteiger partial charge in [0.05, 0.1) is 0 Å². The zero-order valence-corrected chi connectivity index (χ0v) is 7.06. The summed E-state index contributed by atoms with van der Waals surface area (Å²) in [7, 11) is 3.54. The minimum Gasteiger partial charge on any atom is -0.300 e. The lowest BCUT2D eigenvalue weighted by atomic mass is 9.98. The van der Waals surface area contributed by atoms with Gasteiger partial charge in [0.15, 0.2) is 6.29 Å². The molecule has 3 nitrogen and oxygen atoms in total. The van der Waals surface area contributed by atoms with Crippen molar-refractivity contribution in [1.29, 1.82) is 0 Å². The van der Waals surface area contributed by atoms with Crippen molar-refractivity contribution in [3.05, 3.63) is 0 Å². The predicted octanol–water partition coefficient (Wildman–Crippen LogP) is -0.0236. The van der Waals surface area contributed by atoms with Crippen molar-refractivity contribution in [3.8, 4) is 0 Å². The molecule has 0 aliphatic heterocycles. The van der Waals surface area contributed by atoms with E-state index in [0.29, 0.717) is 0 Å². The van der Waals surface area contributed by atoms with Gasteiger partial charge in [-0.3, -0.25) is 15.4 Å². The summed E-state index contributed by atoms with van der Waals surface area (Å²) >= 11 is 0. The zero-order chi connectivity index (χ0) is 8.20. The van der Waals surface area contributed by atoms with Crippen LogP contribution in [0.3, 0.4) is 0 Å². The van der Waals surface area contributed by atoms with Crippen molar-refractivity contribution in [2.24, 2.45) is 5.92 Å². The van der Waals surface area contributed by atoms with Crippen LogP contribution in [0.4, 0.5) is 0 Å². The number of carbonyl (C=O) groups excluding carboxylic acids is 1. The SMILES string of the molecule is CNC(C=O)(NC)C(C)C. The van der Waals surface area contributed by atoms with Gasteiger partial charge in [0.1, 0.15) is 5.66 Å². The van der Waals surface area contributed by atoms with Gasteiger partial charge in [-0.05, 0) is 20.0 Å². The van der Waals surface area contributed by atoms with Gasteiger partial charge in [-0.25, -0.2) is 0 Å². The smallest absolute Gasteiger partial charge is 0.154 e. The van der Waals surface area contributed by atoms with Gasteiger partial charge >= 0.3 is 0 Å². The molecule has 10 heavy (non-hydrogen) atoms. The molecular formula is C7H16N2O. The quantitative estimate of drug-likeness (QED) is 0.430. The van der Waals surface area contributed by atoms with Crippen molar-refractivity contribution in [2.45, 2.75) is 19.5 Å². The molecule has 0 aromatic heterocycles. The third kappa shape index (κ3) is 1.55. The molecule has 3 heteroatoms. The molecular weight excluding hydrogens is 128 g/mol. The number of hydrogen-bond acceptors (Lipinski definition) is 3. The van der Waals surface area contributed by atoms with Crippen LogP contribution in [0.1, 0.15) is 13.8 Å². The van der Waals surface area contributed by atoms with E-state index in [-0.39, 0.29) is 5.92 Å². The molecule has 0 aromatic rings. The van der Waals surface area contributed by atoms with E-state index in [1.165, 1.54) is 0 Å². The van der Waals surface area contributed by atoms with Crippen LogP contribution in [-0.2, 0) is 4.79 Å². The van der Waals surface area contributed by atoms with Crippen LogP contribution in [0.5, 0.6) is 0 Å². The average Bonchev–Trinajstić information content (AvgIpc) is 1.92. The summed E-state index contributed by atoms with van der Waals surface area (Å²) < 4.78 is 0. The highest BCUT2D eigenvalue weighted by Gasteiger charge is 2.28. The number of carbonyl (C=O) groups is 1. The molecule has 0 amide bonds. The lowest BCUT2D eigenvalue weighted by Crippen LogP contribution is -2.59. The highest BCUT2D eigenvalue weighted by atomic mass is 16.1. The molecule has 0 atom stereocenters. The van der Waals surface area contributed by atoms with Gasteiger partial charge in [-0.15, -0.1) is 0 Å². The summed E-state index contributed by atoms with van der Waals surface area (Å²) in [6.07, 6.45) is 0.900. The molecule has 0 rings (SSSR count). The minimum atomic E-state index is -0.556. The highest BCUT2D eigenvalue weighted by molar-refractivity contribution is 5.63. The van der Waals surface area contributed by atoms with Crippen LogP contribution in [0.25, 0.3) is 0 Å². The maximum atomic E-state index is 10.6. The molecule has 0 aromatic carbocycles. The van der Waals surface area contributed by atoms with Gasteiger partial charge in [-0.2, -0.15) is 0 Å². The number of nitrogens with one attached hydrogen (secondary N) is 2. The molecule has 0 aliphatic rings. The van der Waals surface area contributed by atoms with Gasteiger partial charge in [-0.1, -0.05) is 13.8 Å². The molecule has 0 heterocycles. The second-order valence-electron chi connectivity index (χ2n) is 2.64. The molecule has 0 saturated carbocycles. The standard InChI is InChI=1S/C7H16N2O/c1-6(2)7(5-10,8-3)9-4/h5-6,8-9H,1-4H3. The van der Waals surface area contributed by atoms with Crippen molar-refractivity contribution in [1.82, 2.24) is 10.6 Å². The Morgan fingerprint density at radius 3 is 1.70 bits per heavy atom. The fraction of sp³-hybridized carbons (Fsp3) is 0.857. The summed E-state index contributed by atoms with van der Waals surface area (Å²) in [6.45, 7) is 3.98. The Morgan fingerprint density at radius 1 is 1.30 bits per heavy atom. The first-order valence-corrected chi connectivity index (χ1v) is 3.47. The second kappa shape index (κ2) is 3.68. The molecule has 0 spiro atoms. The summed E-state index contributed by atoms with van der Waals surface area (Å²) in [5, 5.41) is 5.87. The molecule has 0 unspecified atom stereocenters. The molecule has 0 radical (unpaired) electrons. The summed E-state index contributed by atoms with van der Waals surface area (Å²) in [4.78, 5) is 10.6. The molecule has 2 N–H and O–H groups in total. The van der Waals surface area contributed by atoms with E-state index < -0.39 is 5.66 Å². The van der Waals surface area contributed by atoms with E-state index in [4.69, 9.17) is 0 Å². The third-order valence-corrected chi connectivity index (χ3v) is 1.92. The van der Waals surface area contributed by atoms with Gasteiger partial charge in [0, 0.05) is 0 Å². The number of likely N-dealkylation sites (N-methyl/N-ethyl adjacent to an activating group) is 2. The molecule has 0 aliphatic carbocycles.